The lowest BCUT2D eigenvalue weighted by Gasteiger charge is -2.22. The average Bonchev–Trinajstić information content (AvgIpc) is 2.29. The van der Waals surface area contributed by atoms with Crippen LogP contribution in [0.2, 0.25) is 0 Å². The van der Waals surface area contributed by atoms with Gasteiger partial charge in [0.2, 0.25) is 0 Å². The van der Waals surface area contributed by atoms with Crippen molar-refractivity contribution in [1.82, 2.24) is 0 Å². The summed E-state index contributed by atoms with van der Waals surface area (Å²) >= 11 is 2.36. The fourth-order valence-electron chi connectivity index (χ4n) is 2.02. The summed E-state index contributed by atoms with van der Waals surface area (Å²) in [5.74, 6) is 0. The fraction of sp³-hybridized carbons (Fsp3) is 0.333. The first-order valence-electron chi connectivity index (χ1n) is 4.67. The average molecular weight is 299 g/mol. The number of halogens is 1. The van der Waals surface area contributed by atoms with Crippen LogP contribution < -0.4 is 4.90 Å². The first kappa shape index (κ1) is 10.0. The van der Waals surface area contributed by atoms with Crippen molar-refractivity contribution in [2.24, 2.45) is 0 Å². The molecule has 0 fully saturated rings. The molecule has 0 radical (unpaired) electrons. The van der Waals surface area contributed by atoms with Gasteiger partial charge in [0.25, 0.3) is 0 Å². The van der Waals surface area contributed by atoms with E-state index < -0.39 is 0 Å². The maximum atomic E-state index is 4.16. The van der Waals surface area contributed by atoms with Gasteiger partial charge in [-0.3, -0.25) is 0 Å². The van der Waals surface area contributed by atoms with Gasteiger partial charge in [0.15, 0.2) is 0 Å². The summed E-state index contributed by atoms with van der Waals surface area (Å²) in [5.41, 5.74) is 3.93. The zero-order valence-corrected chi connectivity index (χ0v) is 10.9. The molecule has 0 aromatic heterocycles. The third-order valence-corrected chi connectivity index (χ3v) is 3.79. The molecule has 0 aliphatic carbocycles. The number of likely N-dealkylation sites (N-methyl/N-ethyl adjacent to an activating group) is 1. The van der Waals surface area contributed by atoms with Gasteiger partial charge in [0.05, 0.1) is 0 Å². The Hall–Kier alpha value is -0.510. The number of anilines is 1. The predicted molar refractivity (Wildman–Crippen MR) is 69.7 cm³/mol. The highest BCUT2D eigenvalue weighted by Gasteiger charge is 2.36. The second-order valence-electron chi connectivity index (χ2n) is 4.29. The molecule has 1 aromatic carbocycles. The van der Waals surface area contributed by atoms with Crippen molar-refractivity contribution in [3.8, 4) is 0 Å². The monoisotopic (exact) mass is 299 g/mol. The first-order valence-corrected chi connectivity index (χ1v) is 5.75. The number of fused-ring (bicyclic) bond motifs is 1. The fourth-order valence-corrected chi connectivity index (χ4v) is 2.51. The molecule has 0 N–H and O–H groups in total. The largest absolute Gasteiger partial charge is 0.348 e. The molecule has 0 bridgehead atoms. The Morgan fingerprint density at radius 1 is 1.36 bits per heavy atom. The van der Waals surface area contributed by atoms with E-state index in [9.17, 15) is 0 Å². The molecular weight excluding hydrogens is 285 g/mol. The van der Waals surface area contributed by atoms with Gasteiger partial charge in [-0.05, 0) is 46.4 Å². The number of benzene rings is 1. The highest BCUT2D eigenvalue weighted by molar-refractivity contribution is 14.1. The maximum absolute atomic E-state index is 4.16. The molecular formula is C12H14IN. The summed E-state index contributed by atoms with van der Waals surface area (Å²) in [6.45, 7) is 8.62. The zero-order chi connectivity index (χ0) is 10.5. The Balaban J connectivity index is 2.69. The Bertz CT molecular complexity index is 407. The maximum Gasteiger partial charge on any atom is 0.0448 e. The molecule has 2 heteroatoms. The quantitative estimate of drug-likeness (QED) is 0.662. The molecule has 0 amide bonds. The van der Waals surface area contributed by atoms with Crippen molar-refractivity contribution >= 4 is 28.3 Å². The molecule has 1 aliphatic rings. The van der Waals surface area contributed by atoms with E-state index in [1.165, 1.54) is 20.5 Å². The minimum absolute atomic E-state index is 0.0747. The van der Waals surface area contributed by atoms with Gasteiger partial charge in [-0.1, -0.05) is 20.4 Å². The van der Waals surface area contributed by atoms with E-state index >= 15 is 0 Å². The Morgan fingerprint density at radius 3 is 2.64 bits per heavy atom. The molecule has 1 heterocycles. The van der Waals surface area contributed by atoms with E-state index in [2.05, 4.69) is 73.2 Å². The van der Waals surface area contributed by atoms with E-state index in [0.29, 0.717) is 0 Å². The van der Waals surface area contributed by atoms with E-state index in [1.54, 1.807) is 0 Å². The van der Waals surface area contributed by atoms with E-state index in [1.807, 2.05) is 0 Å². The van der Waals surface area contributed by atoms with Crippen molar-refractivity contribution < 1.29 is 0 Å². The summed E-state index contributed by atoms with van der Waals surface area (Å²) in [4.78, 5) is 2.19. The Labute approximate surface area is 98.9 Å². The molecule has 0 spiro atoms. The second kappa shape index (κ2) is 2.99. The van der Waals surface area contributed by atoms with Crippen LogP contribution in [0.1, 0.15) is 19.4 Å². The lowest BCUT2D eigenvalue weighted by molar-refractivity contribution is 0.642. The van der Waals surface area contributed by atoms with Crippen LogP contribution in [0.15, 0.2) is 30.5 Å². The standard InChI is InChI=1S/C12H14IN/c1-8-12(2,3)10-7-9(13)5-6-11(10)14(8)4/h5-7H,1H2,2-4H3. The van der Waals surface area contributed by atoms with Crippen molar-refractivity contribution in [2.75, 3.05) is 11.9 Å². The molecule has 14 heavy (non-hydrogen) atoms. The molecule has 0 saturated heterocycles. The van der Waals surface area contributed by atoms with Crippen LogP contribution in [-0.4, -0.2) is 7.05 Å². The third kappa shape index (κ3) is 1.20. The van der Waals surface area contributed by atoms with Gasteiger partial charge in [-0.2, -0.15) is 0 Å². The van der Waals surface area contributed by atoms with Crippen LogP contribution in [0.3, 0.4) is 0 Å². The van der Waals surface area contributed by atoms with Gasteiger partial charge in [-0.15, -0.1) is 0 Å². The first-order chi connectivity index (χ1) is 6.44. The SMILES string of the molecule is C=C1N(C)c2ccc(I)cc2C1(C)C. The summed E-state index contributed by atoms with van der Waals surface area (Å²) in [6, 6.07) is 6.58. The van der Waals surface area contributed by atoms with Crippen LogP contribution in [-0.2, 0) is 5.41 Å². The van der Waals surface area contributed by atoms with Gasteiger partial charge < -0.3 is 4.90 Å². The van der Waals surface area contributed by atoms with Crippen LogP contribution in [0.25, 0.3) is 0 Å². The van der Waals surface area contributed by atoms with Crippen LogP contribution >= 0.6 is 22.6 Å². The number of nitrogens with zero attached hydrogens (tertiary/aromatic N) is 1. The van der Waals surface area contributed by atoms with Crippen LogP contribution in [0.5, 0.6) is 0 Å². The molecule has 0 saturated carbocycles. The highest BCUT2D eigenvalue weighted by Crippen LogP contribution is 2.46. The van der Waals surface area contributed by atoms with Crippen LogP contribution in [0, 0.1) is 3.57 Å². The predicted octanol–water partition coefficient (Wildman–Crippen LogP) is 3.53. The summed E-state index contributed by atoms with van der Waals surface area (Å²) < 4.78 is 1.29. The molecule has 0 atom stereocenters. The Kier molecular flexibility index (Phi) is 2.14. The van der Waals surface area contributed by atoms with Gasteiger partial charge in [0, 0.05) is 27.4 Å². The molecule has 1 aromatic rings. The highest BCUT2D eigenvalue weighted by atomic mass is 127. The molecule has 0 unspecified atom stereocenters. The van der Waals surface area contributed by atoms with Crippen LogP contribution in [0.4, 0.5) is 5.69 Å². The summed E-state index contributed by atoms with van der Waals surface area (Å²) in [5, 5.41) is 0. The zero-order valence-electron chi connectivity index (χ0n) is 8.76. The molecule has 1 aliphatic heterocycles. The third-order valence-electron chi connectivity index (χ3n) is 3.12. The smallest absolute Gasteiger partial charge is 0.0448 e. The molecule has 74 valence electrons. The second-order valence-corrected chi connectivity index (χ2v) is 5.54. The summed E-state index contributed by atoms with van der Waals surface area (Å²) in [7, 11) is 2.09. The number of hydrogen-bond donors (Lipinski definition) is 0. The Morgan fingerprint density at radius 2 is 2.00 bits per heavy atom. The lowest BCUT2D eigenvalue weighted by atomic mass is 9.85. The number of rotatable bonds is 0. The van der Waals surface area contributed by atoms with Crippen molar-refractivity contribution in [1.29, 1.82) is 0 Å². The lowest BCUT2D eigenvalue weighted by Crippen LogP contribution is -2.21. The van der Waals surface area contributed by atoms with E-state index in [4.69, 9.17) is 0 Å². The number of hydrogen-bond acceptors (Lipinski definition) is 1. The summed E-state index contributed by atoms with van der Waals surface area (Å²) in [6.07, 6.45) is 0. The normalized spacial score (nSPS) is 18.6. The minimum Gasteiger partial charge on any atom is -0.348 e. The van der Waals surface area contributed by atoms with E-state index in [-0.39, 0.29) is 5.41 Å². The molecule has 1 nitrogen and oxygen atoms in total. The van der Waals surface area contributed by atoms with Gasteiger partial charge in [0.1, 0.15) is 0 Å². The molecule has 2 rings (SSSR count). The van der Waals surface area contributed by atoms with Gasteiger partial charge >= 0.3 is 0 Å². The van der Waals surface area contributed by atoms with E-state index in [0.717, 1.165) is 0 Å². The van der Waals surface area contributed by atoms with Crippen molar-refractivity contribution in [3.63, 3.8) is 0 Å². The van der Waals surface area contributed by atoms with Gasteiger partial charge in [-0.25, -0.2) is 0 Å². The van der Waals surface area contributed by atoms with Crippen molar-refractivity contribution in [3.05, 3.63) is 39.6 Å². The van der Waals surface area contributed by atoms with Crippen molar-refractivity contribution in [2.45, 2.75) is 19.3 Å². The number of allylic oxidation sites excluding steroid dienone is 1. The minimum atomic E-state index is 0.0747. The topological polar surface area (TPSA) is 3.24 Å².